The highest BCUT2D eigenvalue weighted by Gasteiger charge is 2.70. The van der Waals surface area contributed by atoms with E-state index in [0.717, 1.165) is 18.2 Å². The first kappa shape index (κ1) is 29.9. The molecule has 4 amide bonds. The minimum atomic E-state index is -1.23. The van der Waals surface area contributed by atoms with E-state index in [2.05, 4.69) is 34.7 Å². The molecule has 3 aliphatic rings. The number of hydrogen-bond acceptors (Lipinski definition) is 7. The van der Waals surface area contributed by atoms with Gasteiger partial charge in [-0.2, -0.15) is 10.2 Å². The molecule has 1 aliphatic carbocycles. The quantitative estimate of drug-likeness (QED) is 0.433. The molecule has 0 spiro atoms. The van der Waals surface area contributed by atoms with Crippen LogP contribution in [0.4, 0.5) is 0 Å². The zero-order valence-corrected chi connectivity index (χ0v) is 25.1. The largest absolute Gasteiger partial charge is 0.381 e. The number of carbonyl (C=O) groups is 4. The molecule has 1 saturated carbocycles. The molecule has 3 fully saturated rings. The molecule has 11 heteroatoms. The predicted octanol–water partition coefficient (Wildman–Crippen LogP) is 2.10. The molecule has 2 aromatic rings. The molecular formula is C31H42N6O5. The number of fused-ring (bicyclic) bond motifs is 2. The standard InChI is InChI=1S/C31H42N6O5/c1-30(2,3)26(34-21(38)14-17-10-12-42-13-11-17)29(41)37-16-20-22(31(20,4)5)25(37)28(40)35-24(27(32)39)23-19-9-7-6-8-18(19)15-33-36-23/h6-9,15,17,20,22,24-26H,10-14,16H2,1-5H3,(H2,32,39)(H,34,38)(H,35,40)/t20-,22-,24?,25-,26+/m0/s1. The van der Waals surface area contributed by atoms with Gasteiger partial charge in [0.2, 0.25) is 23.6 Å². The van der Waals surface area contributed by atoms with Crippen LogP contribution in [0.5, 0.6) is 0 Å². The number of aromatic nitrogens is 2. The van der Waals surface area contributed by atoms with Crippen LogP contribution in [-0.4, -0.2) is 70.6 Å². The molecule has 3 heterocycles. The van der Waals surface area contributed by atoms with Gasteiger partial charge in [0.1, 0.15) is 17.8 Å². The number of nitrogens with two attached hydrogens (primary N) is 1. The van der Waals surface area contributed by atoms with E-state index in [-0.39, 0.29) is 40.7 Å². The Morgan fingerprint density at radius 3 is 2.48 bits per heavy atom. The summed E-state index contributed by atoms with van der Waals surface area (Å²) in [6.07, 6.45) is 3.54. The number of ether oxygens (including phenoxy) is 1. The lowest BCUT2D eigenvalue weighted by Gasteiger charge is -2.38. The van der Waals surface area contributed by atoms with Gasteiger partial charge in [-0.05, 0) is 41.4 Å². The van der Waals surface area contributed by atoms with E-state index in [9.17, 15) is 19.2 Å². The van der Waals surface area contributed by atoms with Crippen LogP contribution in [0.15, 0.2) is 30.5 Å². The SMILES string of the molecule is CC(C)(C)[C@H](NC(=O)CC1CCOCC1)C(=O)N1C[C@H]2[C@@H]([C@H]1C(=O)NC(C(N)=O)c1nncc3ccccc13)C2(C)C. The summed E-state index contributed by atoms with van der Waals surface area (Å²) in [7, 11) is 0. The second-order valence-corrected chi connectivity index (χ2v) is 13.7. The highest BCUT2D eigenvalue weighted by atomic mass is 16.5. The zero-order chi connectivity index (χ0) is 30.4. The second-order valence-electron chi connectivity index (χ2n) is 13.7. The number of rotatable bonds is 8. The molecule has 1 aromatic carbocycles. The summed E-state index contributed by atoms with van der Waals surface area (Å²) in [5.74, 6) is -1.47. The summed E-state index contributed by atoms with van der Waals surface area (Å²) >= 11 is 0. The van der Waals surface area contributed by atoms with Crippen LogP contribution < -0.4 is 16.4 Å². The smallest absolute Gasteiger partial charge is 0.246 e. The molecule has 2 saturated heterocycles. The summed E-state index contributed by atoms with van der Waals surface area (Å²) in [5.41, 5.74) is 5.29. The van der Waals surface area contributed by atoms with Gasteiger partial charge >= 0.3 is 0 Å². The van der Waals surface area contributed by atoms with Crippen LogP contribution in [0.3, 0.4) is 0 Å². The van der Waals surface area contributed by atoms with Crippen LogP contribution in [-0.2, 0) is 23.9 Å². The van der Waals surface area contributed by atoms with E-state index < -0.39 is 35.4 Å². The monoisotopic (exact) mass is 578 g/mol. The Kier molecular flexibility index (Phi) is 8.00. The Labute approximate surface area is 246 Å². The van der Waals surface area contributed by atoms with Gasteiger partial charge in [-0.1, -0.05) is 58.9 Å². The summed E-state index contributed by atoms with van der Waals surface area (Å²) < 4.78 is 5.41. The number of nitrogens with zero attached hydrogens (tertiary/aromatic N) is 3. The molecule has 1 aromatic heterocycles. The van der Waals surface area contributed by atoms with Gasteiger partial charge in [0.25, 0.3) is 0 Å². The number of nitrogens with one attached hydrogen (secondary N) is 2. The highest BCUT2D eigenvalue weighted by Crippen LogP contribution is 2.65. The van der Waals surface area contributed by atoms with Crippen molar-refractivity contribution in [2.75, 3.05) is 19.8 Å². The number of piperidine rings is 1. The van der Waals surface area contributed by atoms with Crippen molar-refractivity contribution in [2.24, 2.45) is 34.3 Å². The zero-order valence-electron chi connectivity index (χ0n) is 25.1. The predicted molar refractivity (Wildman–Crippen MR) is 155 cm³/mol. The van der Waals surface area contributed by atoms with Crippen LogP contribution in [0.2, 0.25) is 0 Å². The average molecular weight is 579 g/mol. The van der Waals surface area contributed by atoms with Crippen molar-refractivity contribution in [3.63, 3.8) is 0 Å². The number of primary amides is 1. The molecule has 226 valence electrons. The molecular weight excluding hydrogens is 536 g/mol. The fourth-order valence-corrected chi connectivity index (χ4v) is 6.83. The Bertz CT molecular complexity index is 1380. The molecule has 0 bridgehead atoms. The van der Waals surface area contributed by atoms with Gasteiger partial charge in [0.15, 0.2) is 6.04 Å². The van der Waals surface area contributed by atoms with Crippen molar-refractivity contribution in [1.29, 1.82) is 0 Å². The first-order valence-electron chi connectivity index (χ1n) is 14.8. The van der Waals surface area contributed by atoms with Crippen molar-refractivity contribution < 1.29 is 23.9 Å². The fraction of sp³-hybridized carbons (Fsp3) is 0.613. The normalized spacial score (nSPS) is 24.9. The Hall–Kier alpha value is -3.60. The third kappa shape index (κ3) is 5.71. The highest BCUT2D eigenvalue weighted by molar-refractivity contribution is 5.97. The Morgan fingerprint density at radius 1 is 1.12 bits per heavy atom. The minimum absolute atomic E-state index is 0.0906. The van der Waals surface area contributed by atoms with E-state index in [4.69, 9.17) is 10.5 Å². The summed E-state index contributed by atoms with van der Waals surface area (Å²) in [4.78, 5) is 55.5. The van der Waals surface area contributed by atoms with Crippen LogP contribution in [0.1, 0.15) is 65.6 Å². The third-order valence-electron chi connectivity index (χ3n) is 9.44. The number of likely N-dealkylation sites (tertiary alicyclic amines) is 1. The molecule has 11 nitrogen and oxygen atoms in total. The minimum Gasteiger partial charge on any atom is -0.381 e. The van der Waals surface area contributed by atoms with Gasteiger partial charge in [0.05, 0.1) is 6.20 Å². The van der Waals surface area contributed by atoms with Gasteiger partial charge in [-0.15, -0.1) is 0 Å². The van der Waals surface area contributed by atoms with E-state index >= 15 is 0 Å². The van der Waals surface area contributed by atoms with Crippen LogP contribution in [0.25, 0.3) is 10.8 Å². The maximum Gasteiger partial charge on any atom is 0.246 e. The van der Waals surface area contributed by atoms with E-state index in [1.165, 1.54) is 0 Å². The Balaban J connectivity index is 1.38. The first-order chi connectivity index (χ1) is 19.8. The maximum atomic E-state index is 14.2. The summed E-state index contributed by atoms with van der Waals surface area (Å²) in [6, 6.07) is 4.42. The fourth-order valence-electron chi connectivity index (χ4n) is 6.83. The number of carbonyl (C=O) groups excluding carboxylic acids is 4. The van der Waals surface area contributed by atoms with Gasteiger partial charge in [-0.25, -0.2) is 0 Å². The van der Waals surface area contributed by atoms with Crippen molar-refractivity contribution in [3.05, 3.63) is 36.2 Å². The number of benzene rings is 1. The van der Waals surface area contributed by atoms with Crippen molar-refractivity contribution in [2.45, 2.75) is 72.0 Å². The van der Waals surface area contributed by atoms with E-state index in [1.54, 1.807) is 17.2 Å². The lowest BCUT2D eigenvalue weighted by molar-refractivity contribution is -0.146. The molecule has 1 unspecified atom stereocenters. The topological polar surface area (TPSA) is 157 Å². The first-order valence-corrected chi connectivity index (χ1v) is 14.8. The van der Waals surface area contributed by atoms with E-state index in [1.807, 2.05) is 39.0 Å². The molecule has 0 radical (unpaired) electrons. The van der Waals surface area contributed by atoms with Crippen molar-refractivity contribution in [1.82, 2.24) is 25.7 Å². The van der Waals surface area contributed by atoms with Gasteiger partial charge in [-0.3, -0.25) is 19.2 Å². The summed E-state index contributed by atoms with van der Waals surface area (Å²) in [6.45, 7) is 11.6. The molecule has 42 heavy (non-hydrogen) atoms. The Morgan fingerprint density at radius 2 is 1.81 bits per heavy atom. The van der Waals surface area contributed by atoms with Gasteiger partial charge in [0, 0.05) is 37.0 Å². The van der Waals surface area contributed by atoms with Crippen molar-refractivity contribution in [3.8, 4) is 0 Å². The molecule has 5 rings (SSSR count). The van der Waals surface area contributed by atoms with Crippen LogP contribution >= 0.6 is 0 Å². The number of amides is 4. The van der Waals surface area contributed by atoms with Crippen molar-refractivity contribution >= 4 is 34.4 Å². The number of hydrogen-bond donors (Lipinski definition) is 3. The molecule has 2 aliphatic heterocycles. The summed E-state index contributed by atoms with van der Waals surface area (Å²) in [5, 5.41) is 15.4. The molecule has 5 atom stereocenters. The lowest BCUT2D eigenvalue weighted by Crippen LogP contribution is -2.59. The van der Waals surface area contributed by atoms with Gasteiger partial charge < -0.3 is 26.0 Å². The lowest BCUT2D eigenvalue weighted by atomic mass is 9.84. The average Bonchev–Trinajstić information content (AvgIpc) is 3.26. The maximum absolute atomic E-state index is 14.2. The molecule has 4 N–H and O–H groups in total. The van der Waals surface area contributed by atoms with Crippen LogP contribution in [0, 0.1) is 28.6 Å². The van der Waals surface area contributed by atoms with E-state index in [0.29, 0.717) is 31.6 Å². The second kappa shape index (κ2) is 11.2. The third-order valence-corrected chi connectivity index (χ3v) is 9.44.